The number of hydrogen-bond donors (Lipinski definition) is 1. The zero-order valence-corrected chi connectivity index (χ0v) is 13.4. The third-order valence-electron chi connectivity index (χ3n) is 2.71. The molecule has 0 aliphatic heterocycles. The molecule has 0 aliphatic rings. The first-order valence-corrected chi connectivity index (χ1v) is 8.80. The molecule has 1 N–H and O–H groups in total. The van der Waals surface area contributed by atoms with Crippen molar-refractivity contribution in [2.24, 2.45) is 0 Å². The topological polar surface area (TPSA) is 59.1 Å². The van der Waals surface area contributed by atoms with Crippen LogP contribution in [0.1, 0.15) is 32.0 Å². The van der Waals surface area contributed by atoms with Crippen molar-refractivity contribution >= 4 is 26.5 Å². The number of anilines is 1. The second kappa shape index (κ2) is 5.54. The van der Waals surface area contributed by atoms with Gasteiger partial charge in [-0.05, 0) is 5.56 Å². The number of sulfonamides is 1. The Hall–Kier alpha value is -1.40. The van der Waals surface area contributed by atoms with Crippen molar-refractivity contribution < 1.29 is 8.42 Å². The summed E-state index contributed by atoms with van der Waals surface area (Å²) in [5.41, 5.74) is 1.56. The van der Waals surface area contributed by atoms with Crippen molar-refractivity contribution in [3.05, 3.63) is 47.0 Å². The van der Waals surface area contributed by atoms with Gasteiger partial charge in [-0.25, -0.2) is 13.4 Å². The molecule has 108 valence electrons. The molecule has 0 amide bonds. The van der Waals surface area contributed by atoms with Crippen LogP contribution in [0.15, 0.2) is 35.7 Å². The van der Waals surface area contributed by atoms with Crippen molar-refractivity contribution in [2.45, 2.75) is 31.9 Å². The van der Waals surface area contributed by atoms with E-state index in [-0.39, 0.29) is 11.2 Å². The van der Waals surface area contributed by atoms with Gasteiger partial charge in [-0.15, -0.1) is 11.3 Å². The monoisotopic (exact) mass is 310 g/mol. The molecule has 0 saturated heterocycles. The van der Waals surface area contributed by atoms with Crippen molar-refractivity contribution in [2.75, 3.05) is 4.72 Å². The average molecular weight is 310 g/mol. The molecule has 0 radical (unpaired) electrons. The largest absolute Gasteiger partial charge is 0.258 e. The molecule has 2 aromatic rings. The Bertz CT molecular complexity index is 671. The number of thiazole rings is 1. The molecule has 0 unspecified atom stereocenters. The quantitative estimate of drug-likeness (QED) is 0.941. The normalized spacial score (nSPS) is 12.3. The fraction of sp³-hybridized carbons (Fsp3) is 0.357. The minimum Gasteiger partial charge on any atom is -0.258 e. The van der Waals surface area contributed by atoms with Crippen LogP contribution in [0.4, 0.5) is 5.13 Å². The molecule has 1 aromatic heterocycles. The molecule has 0 aliphatic carbocycles. The van der Waals surface area contributed by atoms with Gasteiger partial charge in [-0.1, -0.05) is 51.1 Å². The van der Waals surface area contributed by atoms with Gasteiger partial charge in [0.05, 0.1) is 11.4 Å². The summed E-state index contributed by atoms with van der Waals surface area (Å²) in [5, 5.41) is 2.31. The van der Waals surface area contributed by atoms with E-state index < -0.39 is 10.0 Å². The van der Waals surface area contributed by atoms with Gasteiger partial charge in [-0.3, -0.25) is 4.72 Å². The fourth-order valence-corrected chi connectivity index (χ4v) is 4.00. The van der Waals surface area contributed by atoms with Crippen LogP contribution in [0.2, 0.25) is 0 Å². The van der Waals surface area contributed by atoms with Crippen LogP contribution < -0.4 is 4.72 Å². The highest BCUT2D eigenvalue weighted by molar-refractivity contribution is 7.92. The predicted molar refractivity (Wildman–Crippen MR) is 83.5 cm³/mol. The molecule has 1 aromatic carbocycles. The van der Waals surface area contributed by atoms with Crippen molar-refractivity contribution in [3.63, 3.8) is 0 Å². The van der Waals surface area contributed by atoms with Crippen LogP contribution in [0.25, 0.3) is 0 Å². The summed E-state index contributed by atoms with van der Waals surface area (Å²) in [6.45, 7) is 6.14. The van der Waals surface area contributed by atoms with Crippen LogP contribution in [-0.4, -0.2) is 13.4 Å². The van der Waals surface area contributed by atoms with E-state index in [0.717, 1.165) is 11.3 Å². The van der Waals surface area contributed by atoms with Crippen molar-refractivity contribution in [1.82, 2.24) is 4.98 Å². The molecule has 4 nitrogen and oxygen atoms in total. The van der Waals surface area contributed by atoms with E-state index in [1.807, 2.05) is 44.4 Å². The van der Waals surface area contributed by atoms with E-state index in [9.17, 15) is 8.42 Å². The van der Waals surface area contributed by atoms with E-state index in [1.54, 1.807) is 12.1 Å². The van der Waals surface area contributed by atoms with Gasteiger partial charge in [0.2, 0.25) is 10.0 Å². The number of aromatic nitrogens is 1. The summed E-state index contributed by atoms with van der Waals surface area (Å²) in [6.07, 6.45) is 0. The summed E-state index contributed by atoms with van der Waals surface area (Å²) >= 11 is 1.31. The standard InChI is InChI=1S/C14H18N2O2S2/c1-14(2,3)12-9-19-13(15-12)16-20(17,18)10-11-7-5-4-6-8-11/h4-9H,10H2,1-3H3,(H,15,16). The minimum absolute atomic E-state index is 0.0434. The smallest absolute Gasteiger partial charge is 0.238 e. The van der Waals surface area contributed by atoms with Gasteiger partial charge >= 0.3 is 0 Å². The zero-order valence-electron chi connectivity index (χ0n) is 11.8. The van der Waals surface area contributed by atoms with E-state index in [2.05, 4.69) is 9.71 Å². The molecule has 0 spiro atoms. The summed E-state index contributed by atoms with van der Waals surface area (Å²) in [5.74, 6) is -0.0434. The van der Waals surface area contributed by atoms with Gasteiger partial charge in [0, 0.05) is 10.8 Å². The van der Waals surface area contributed by atoms with Crippen molar-refractivity contribution in [3.8, 4) is 0 Å². The Labute approximate surface area is 123 Å². The lowest BCUT2D eigenvalue weighted by Gasteiger charge is -2.14. The molecule has 2 rings (SSSR count). The molecule has 0 bridgehead atoms. The van der Waals surface area contributed by atoms with Gasteiger partial charge < -0.3 is 0 Å². The Morgan fingerprint density at radius 1 is 1.20 bits per heavy atom. The molecule has 20 heavy (non-hydrogen) atoms. The highest BCUT2D eigenvalue weighted by Gasteiger charge is 2.19. The summed E-state index contributed by atoms with van der Waals surface area (Å²) in [6, 6.07) is 9.10. The molecular weight excluding hydrogens is 292 g/mol. The Morgan fingerprint density at radius 3 is 2.40 bits per heavy atom. The SMILES string of the molecule is CC(C)(C)c1csc(NS(=O)(=O)Cc2ccccc2)n1. The van der Waals surface area contributed by atoms with Gasteiger partial charge in [0.1, 0.15) is 0 Å². The Balaban J connectivity index is 2.11. The molecule has 0 fully saturated rings. The molecular formula is C14H18N2O2S2. The first-order chi connectivity index (χ1) is 9.26. The van der Waals surface area contributed by atoms with Gasteiger partial charge in [0.15, 0.2) is 5.13 Å². The molecule has 1 heterocycles. The summed E-state index contributed by atoms with van der Waals surface area (Å²) in [4.78, 5) is 4.34. The lowest BCUT2D eigenvalue weighted by molar-refractivity contribution is 0.573. The van der Waals surface area contributed by atoms with Crippen LogP contribution in [-0.2, 0) is 21.2 Å². The number of benzene rings is 1. The number of hydrogen-bond acceptors (Lipinski definition) is 4. The third kappa shape index (κ3) is 4.05. The summed E-state index contributed by atoms with van der Waals surface area (Å²) in [7, 11) is -3.42. The second-order valence-electron chi connectivity index (χ2n) is 5.63. The van der Waals surface area contributed by atoms with E-state index in [0.29, 0.717) is 5.13 Å². The maximum absolute atomic E-state index is 12.1. The van der Waals surface area contributed by atoms with Crippen LogP contribution in [0, 0.1) is 0 Å². The fourth-order valence-electron chi connectivity index (χ4n) is 1.63. The highest BCUT2D eigenvalue weighted by Crippen LogP contribution is 2.27. The zero-order chi connectivity index (χ0) is 14.8. The molecule has 0 atom stereocenters. The predicted octanol–water partition coefficient (Wildman–Crippen LogP) is 3.38. The first kappa shape index (κ1) is 15.0. The molecule has 6 heteroatoms. The summed E-state index contributed by atoms with van der Waals surface area (Å²) < 4.78 is 26.7. The average Bonchev–Trinajstić information content (AvgIpc) is 2.77. The highest BCUT2D eigenvalue weighted by atomic mass is 32.2. The van der Waals surface area contributed by atoms with Crippen LogP contribution in [0.5, 0.6) is 0 Å². The Morgan fingerprint density at radius 2 is 1.85 bits per heavy atom. The second-order valence-corrected chi connectivity index (χ2v) is 8.22. The van der Waals surface area contributed by atoms with E-state index in [1.165, 1.54) is 11.3 Å². The third-order valence-corrected chi connectivity index (χ3v) is 4.82. The van der Waals surface area contributed by atoms with Gasteiger partial charge in [0.25, 0.3) is 0 Å². The number of nitrogens with zero attached hydrogens (tertiary/aromatic N) is 1. The number of nitrogens with one attached hydrogen (secondary N) is 1. The maximum Gasteiger partial charge on any atom is 0.238 e. The van der Waals surface area contributed by atoms with E-state index >= 15 is 0 Å². The van der Waals surface area contributed by atoms with Crippen LogP contribution in [0.3, 0.4) is 0 Å². The van der Waals surface area contributed by atoms with Gasteiger partial charge in [-0.2, -0.15) is 0 Å². The minimum atomic E-state index is -3.42. The molecule has 0 saturated carbocycles. The lowest BCUT2D eigenvalue weighted by atomic mass is 9.93. The lowest BCUT2D eigenvalue weighted by Crippen LogP contribution is -2.16. The number of rotatable bonds is 4. The Kier molecular flexibility index (Phi) is 4.15. The van der Waals surface area contributed by atoms with Crippen LogP contribution >= 0.6 is 11.3 Å². The maximum atomic E-state index is 12.1. The first-order valence-electron chi connectivity index (χ1n) is 6.27. The van der Waals surface area contributed by atoms with Crippen molar-refractivity contribution in [1.29, 1.82) is 0 Å². The van der Waals surface area contributed by atoms with E-state index in [4.69, 9.17) is 0 Å².